The van der Waals surface area contributed by atoms with Gasteiger partial charge < -0.3 is 15.5 Å². The van der Waals surface area contributed by atoms with Crippen molar-refractivity contribution in [3.8, 4) is 0 Å². The van der Waals surface area contributed by atoms with E-state index < -0.39 is 0 Å². The smallest absolute Gasteiger partial charge is 0.236 e. The minimum atomic E-state index is 0.133. The normalized spacial score (nSPS) is 17.5. The molecule has 1 aliphatic heterocycles. The molecule has 1 amide bonds. The number of carbonyl (C=O) groups is 1. The standard InChI is InChI=1S/C16H21N7O/c1-17-10-15(24)23-8-2-3-12(11-23)13-4-5-20-16(21-13)22-14-9-18-6-7-19-14/h4-7,9,12,17H,2-3,8,10-11H2,1H3,(H,19,20,21,22). The molecule has 8 nitrogen and oxygen atoms in total. The molecular formula is C16H21N7O. The summed E-state index contributed by atoms with van der Waals surface area (Å²) in [4.78, 5) is 31.0. The molecule has 2 N–H and O–H groups in total. The third-order valence-electron chi connectivity index (χ3n) is 4.00. The van der Waals surface area contributed by atoms with Gasteiger partial charge in [0.25, 0.3) is 0 Å². The predicted molar refractivity (Wildman–Crippen MR) is 89.8 cm³/mol. The molecule has 126 valence electrons. The Morgan fingerprint density at radius 1 is 1.33 bits per heavy atom. The van der Waals surface area contributed by atoms with Gasteiger partial charge in [0.05, 0.1) is 18.4 Å². The van der Waals surface area contributed by atoms with E-state index >= 15 is 0 Å². The number of aromatic nitrogens is 4. The summed E-state index contributed by atoms with van der Waals surface area (Å²) < 4.78 is 0. The van der Waals surface area contributed by atoms with E-state index in [0.717, 1.165) is 25.1 Å². The third kappa shape index (κ3) is 4.02. The maximum absolute atomic E-state index is 12.1. The summed E-state index contributed by atoms with van der Waals surface area (Å²) in [7, 11) is 1.79. The lowest BCUT2D eigenvalue weighted by Crippen LogP contribution is -2.43. The van der Waals surface area contributed by atoms with Gasteiger partial charge >= 0.3 is 0 Å². The summed E-state index contributed by atoms with van der Waals surface area (Å²) in [6.07, 6.45) is 8.58. The van der Waals surface area contributed by atoms with Crippen LogP contribution in [0.3, 0.4) is 0 Å². The molecule has 1 aliphatic rings. The molecule has 1 fully saturated rings. The topological polar surface area (TPSA) is 95.9 Å². The van der Waals surface area contributed by atoms with Crippen LogP contribution in [0.5, 0.6) is 0 Å². The first-order valence-corrected chi connectivity index (χ1v) is 8.04. The number of nitrogens with one attached hydrogen (secondary N) is 2. The summed E-state index contributed by atoms with van der Waals surface area (Å²) in [6.45, 7) is 1.88. The summed E-state index contributed by atoms with van der Waals surface area (Å²) in [6, 6.07) is 1.92. The van der Waals surface area contributed by atoms with Crippen molar-refractivity contribution < 1.29 is 4.79 Å². The number of likely N-dealkylation sites (tertiary alicyclic amines) is 1. The van der Waals surface area contributed by atoms with Gasteiger partial charge in [0.15, 0.2) is 5.82 Å². The van der Waals surface area contributed by atoms with E-state index in [1.165, 1.54) is 0 Å². The summed E-state index contributed by atoms with van der Waals surface area (Å²) in [5.41, 5.74) is 0.943. The lowest BCUT2D eigenvalue weighted by Gasteiger charge is -2.32. The van der Waals surface area contributed by atoms with Crippen molar-refractivity contribution in [1.29, 1.82) is 0 Å². The number of carbonyl (C=O) groups excluding carboxylic acids is 1. The van der Waals surface area contributed by atoms with Gasteiger partial charge in [-0.25, -0.2) is 15.0 Å². The zero-order chi connectivity index (χ0) is 16.8. The van der Waals surface area contributed by atoms with Crippen molar-refractivity contribution in [3.63, 3.8) is 0 Å². The molecule has 0 bridgehead atoms. The van der Waals surface area contributed by atoms with Crippen LogP contribution in [0.25, 0.3) is 0 Å². The molecule has 2 aromatic heterocycles. The Balaban J connectivity index is 1.70. The number of nitrogens with zero attached hydrogens (tertiary/aromatic N) is 5. The van der Waals surface area contributed by atoms with E-state index in [1.54, 1.807) is 31.8 Å². The Bertz CT molecular complexity index is 679. The minimum absolute atomic E-state index is 0.133. The van der Waals surface area contributed by atoms with Crippen LogP contribution in [0.1, 0.15) is 24.5 Å². The molecule has 0 aliphatic carbocycles. The molecule has 2 aromatic rings. The zero-order valence-corrected chi connectivity index (χ0v) is 13.6. The Morgan fingerprint density at radius 2 is 2.25 bits per heavy atom. The molecular weight excluding hydrogens is 306 g/mol. The largest absolute Gasteiger partial charge is 0.341 e. The highest BCUT2D eigenvalue weighted by atomic mass is 16.2. The van der Waals surface area contributed by atoms with Gasteiger partial charge in [0, 0.05) is 37.6 Å². The second-order valence-corrected chi connectivity index (χ2v) is 5.73. The SMILES string of the molecule is CNCC(=O)N1CCCC(c2ccnc(Nc3cnccn3)n2)C1. The van der Waals surface area contributed by atoms with Crippen LogP contribution >= 0.6 is 0 Å². The molecule has 1 atom stereocenters. The van der Waals surface area contributed by atoms with Gasteiger partial charge in [-0.1, -0.05) is 0 Å². The number of hydrogen-bond acceptors (Lipinski definition) is 7. The highest BCUT2D eigenvalue weighted by molar-refractivity contribution is 5.78. The fraction of sp³-hybridized carbons (Fsp3) is 0.438. The molecule has 0 saturated carbocycles. The minimum Gasteiger partial charge on any atom is -0.341 e. The number of piperidine rings is 1. The van der Waals surface area contributed by atoms with Crippen molar-refractivity contribution in [2.45, 2.75) is 18.8 Å². The second-order valence-electron chi connectivity index (χ2n) is 5.73. The molecule has 3 heterocycles. The van der Waals surface area contributed by atoms with Crippen LogP contribution in [-0.4, -0.2) is 57.4 Å². The monoisotopic (exact) mass is 327 g/mol. The third-order valence-corrected chi connectivity index (χ3v) is 4.00. The van der Waals surface area contributed by atoms with E-state index in [0.29, 0.717) is 24.9 Å². The second kappa shape index (κ2) is 7.78. The highest BCUT2D eigenvalue weighted by Gasteiger charge is 2.25. The van der Waals surface area contributed by atoms with Gasteiger partial charge in [0.2, 0.25) is 11.9 Å². The van der Waals surface area contributed by atoms with Crippen molar-refractivity contribution >= 4 is 17.7 Å². The van der Waals surface area contributed by atoms with Gasteiger partial charge in [-0.2, -0.15) is 0 Å². The highest BCUT2D eigenvalue weighted by Crippen LogP contribution is 2.26. The quantitative estimate of drug-likeness (QED) is 0.843. The van der Waals surface area contributed by atoms with Crippen molar-refractivity contribution in [2.75, 3.05) is 32.0 Å². The van der Waals surface area contributed by atoms with Crippen LogP contribution in [0.4, 0.5) is 11.8 Å². The van der Waals surface area contributed by atoms with Crippen molar-refractivity contribution in [3.05, 3.63) is 36.5 Å². The molecule has 1 unspecified atom stereocenters. The molecule has 3 rings (SSSR count). The molecule has 0 radical (unpaired) electrons. The first kappa shape index (κ1) is 16.3. The predicted octanol–water partition coefficient (Wildman–Crippen LogP) is 0.936. The molecule has 0 spiro atoms. The number of anilines is 2. The first-order valence-electron chi connectivity index (χ1n) is 8.04. The summed E-state index contributed by atoms with van der Waals surface area (Å²) in [5, 5.41) is 5.97. The lowest BCUT2D eigenvalue weighted by molar-refractivity contribution is -0.131. The van der Waals surface area contributed by atoms with Crippen LogP contribution in [0.2, 0.25) is 0 Å². The van der Waals surface area contributed by atoms with Crippen LogP contribution in [-0.2, 0) is 4.79 Å². The average molecular weight is 327 g/mol. The molecule has 8 heteroatoms. The molecule has 1 saturated heterocycles. The van der Waals surface area contributed by atoms with E-state index in [2.05, 4.69) is 30.6 Å². The van der Waals surface area contributed by atoms with Crippen LogP contribution < -0.4 is 10.6 Å². The number of likely N-dealkylation sites (N-methyl/N-ethyl adjacent to an activating group) is 1. The zero-order valence-electron chi connectivity index (χ0n) is 13.6. The fourth-order valence-electron chi connectivity index (χ4n) is 2.85. The van der Waals surface area contributed by atoms with Crippen molar-refractivity contribution in [2.24, 2.45) is 0 Å². The summed E-state index contributed by atoms with van der Waals surface area (Å²) in [5.74, 6) is 1.45. The number of amides is 1. The number of hydrogen-bond donors (Lipinski definition) is 2. The average Bonchev–Trinajstić information content (AvgIpc) is 2.63. The number of rotatable bonds is 5. The van der Waals surface area contributed by atoms with Crippen LogP contribution in [0.15, 0.2) is 30.9 Å². The fourth-order valence-corrected chi connectivity index (χ4v) is 2.85. The van der Waals surface area contributed by atoms with Gasteiger partial charge in [-0.3, -0.25) is 9.78 Å². The Labute approximate surface area is 140 Å². The molecule has 0 aromatic carbocycles. The Hall–Kier alpha value is -2.61. The van der Waals surface area contributed by atoms with E-state index in [9.17, 15) is 4.79 Å². The maximum atomic E-state index is 12.1. The Morgan fingerprint density at radius 3 is 3.04 bits per heavy atom. The maximum Gasteiger partial charge on any atom is 0.236 e. The molecule has 24 heavy (non-hydrogen) atoms. The van der Waals surface area contributed by atoms with E-state index in [1.807, 2.05) is 11.0 Å². The lowest BCUT2D eigenvalue weighted by atomic mass is 9.94. The Kier molecular flexibility index (Phi) is 5.27. The van der Waals surface area contributed by atoms with Gasteiger partial charge in [0.1, 0.15) is 0 Å². The van der Waals surface area contributed by atoms with E-state index in [4.69, 9.17) is 0 Å². The van der Waals surface area contributed by atoms with Gasteiger partial charge in [-0.15, -0.1) is 0 Å². The summed E-state index contributed by atoms with van der Waals surface area (Å²) >= 11 is 0. The van der Waals surface area contributed by atoms with Crippen molar-refractivity contribution in [1.82, 2.24) is 30.2 Å². The van der Waals surface area contributed by atoms with Gasteiger partial charge in [-0.05, 0) is 26.0 Å². The van der Waals surface area contributed by atoms with E-state index in [-0.39, 0.29) is 11.8 Å². The first-order chi connectivity index (χ1) is 11.8. The van der Waals surface area contributed by atoms with Crippen LogP contribution in [0, 0.1) is 0 Å².